The SMILES string of the molecule is C1=CC(C2C=CN=C(C3CC=CCC3)C2)CCC1. The van der Waals surface area contributed by atoms with Crippen LogP contribution in [-0.4, -0.2) is 5.71 Å². The molecule has 0 radical (unpaired) electrons. The molecule has 18 heavy (non-hydrogen) atoms. The summed E-state index contributed by atoms with van der Waals surface area (Å²) >= 11 is 0. The highest BCUT2D eigenvalue weighted by molar-refractivity contribution is 5.88. The van der Waals surface area contributed by atoms with E-state index in [-0.39, 0.29) is 0 Å². The van der Waals surface area contributed by atoms with Crippen molar-refractivity contribution in [2.24, 2.45) is 22.7 Å². The highest BCUT2D eigenvalue weighted by atomic mass is 14.7. The average molecular weight is 241 g/mol. The second-order valence-electron chi connectivity index (χ2n) is 5.83. The van der Waals surface area contributed by atoms with Gasteiger partial charge in [-0.25, -0.2) is 0 Å². The summed E-state index contributed by atoms with van der Waals surface area (Å²) in [5.41, 5.74) is 1.46. The van der Waals surface area contributed by atoms with E-state index in [9.17, 15) is 0 Å². The summed E-state index contributed by atoms with van der Waals surface area (Å²) in [5.74, 6) is 2.19. The van der Waals surface area contributed by atoms with Gasteiger partial charge >= 0.3 is 0 Å². The van der Waals surface area contributed by atoms with Gasteiger partial charge in [0.2, 0.25) is 0 Å². The molecule has 0 bridgehead atoms. The van der Waals surface area contributed by atoms with E-state index in [2.05, 4.69) is 41.6 Å². The highest BCUT2D eigenvalue weighted by Crippen LogP contribution is 2.33. The van der Waals surface area contributed by atoms with Gasteiger partial charge in [-0.05, 0) is 56.8 Å². The van der Waals surface area contributed by atoms with E-state index in [1.807, 2.05) is 0 Å². The van der Waals surface area contributed by atoms with Crippen molar-refractivity contribution in [3.63, 3.8) is 0 Å². The number of allylic oxidation sites excluding steroid dienone is 5. The Morgan fingerprint density at radius 1 is 0.944 bits per heavy atom. The number of rotatable bonds is 2. The molecule has 0 aromatic rings. The first-order valence-corrected chi connectivity index (χ1v) is 7.48. The average Bonchev–Trinajstić information content (AvgIpc) is 2.49. The Morgan fingerprint density at radius 2 is 1.94 bits per heavy atom. The molecule has 3 rings (SSSR count). The van der Waals surface area contributed by atoms with Crippen LogP contribution in [-0.2, 0) is 0 Å². The van der Waals surface area contributed by atoms with Crippen LogP contribution in [0.25, 0.3) is 0 Å². The van der Waals surface area contributed by atoms with Crippen LogP contribution in [0.4, 0.5) is 0 Å². The molecular weight excluding hydrogens is 218 g/mol. The van der Waals surface area contributed by atoms with Crippen molar-refractivity contribution in [1.29, 1.82) is 0 Å². The van der Waals surface area contributed by atoms with E-state index < -0.39 is 0 Å². The summed E-state index contributed by atoms with van der Waals surface area (Å²) in [6.45, 7) is 0. The molecule has 3 atom stereocenters. The normalized spacial score (nSPS) is 35.6. The van der Waals surface area contributed by atoms with Gasteiger partial charge in [0.25, 0.3) is 0 Å². The minimum atomic E-state index is 0.708. The van der Waals surface area contributed by atoms with E-state index in [1.165, 1.54) is 50.7 Å². The molecule has 0 saturated heterocycles. The molecule has 0 saturated carbocycles. The largest absolute Gasteiger partial charge is 0.266 e. The Bertz CT molecular complexity index is 400. The maximum absolute atomic E-state index is 4.68. The minimum absolute atomic E-state index is 0.708. The van der Waals surface area contributed by atoms with Gasteiger partial charge in [-0.3, -0.25) is 4.99 Å². The van der Waals surface area contributed by atoms with Crippen LogP contribution < -0.4 is 0 Å². The van der Waals surface area contributed by atoms with Crippen LogP contribution in [0.5, 0.6) is 0 Å². The number of nitrogens with zero attached hydrogens (tertiary/aromatic N) is 1. The van der Waals surface area contributed by atoms with Crippen molar-refractivity contribution in [1.82, 2.24) is 0 Å². The highest BCUT2D eigenvalue weighted by Gasteiger charge is 2.25. The summed E-state index contributed by atoms with van der Waals surface area (Å²) in [5, 5.41) is 0. The van der Waals surface area contributed by atoms with Gasteiger partial charge in [-0.2, -0.15) is 0 Å². The van der Waals surface area contributed by atoms with Gasteiger partial charge in [-0.1, -0.05) is 30.4 Å². The molecule has 1 heterocycles. The van der Waals surface area contributed by atoms with Gasteiger partial charge in [0.15, 0.2) is 0 Å². The molecule has 0 amide bonds. The minimum Gasteiger partial charge on any atom is -0.266 e. The van der Waals surface area contributed by atoms with E-state index in [1.54, 1.807) is 0 Å². The van der Waals surface area contributed by atoms with Crippen molar-refractivity contribution < 1.29 is 0 Å². The van der Waals surface area contributed by atoms with E-state index >= 15 is 0 Å². The Balaban J connectivity index is 1.66. The fourth-order valence-corrected chi connectivity index (χ4v) is 3.47. The lowest BCUT2D eigenvalue weighted by Gasteiger charge is -2.29. The molecule has 1 aliphatic heterocycles. The zero-order valence-corrected chi connectivity index (χ0v) is 11.1. The van der Waals surface area contributed by atoms with Gasteiger partial charge in [0, 0.05) is 17.8 Å². The van der Waals surface area contributed by atoms with Gasteiger partial charge in [0.1, 0.15) is 0 Å². The second-order valence-corrected chi connectivity index (χ2v) is 5.83. The fraction of sp³-hybridized carbons (Fsp3) is 0.588. The number of hydrogen-bond donors (Lipinski definition) is 0. The van der Waals surface area contributed by atoms with Crippen molar-refractivity contribution >= 4 is 5.71 Å². The van der Waals surface area contributed by atoms with E-state index in [4.69, 9.17) is 0 Å². The molecule has 0 aromatic heterocycles. The molecule has 0 N–H and O–H groups in total. The van der Waals surface area contributed by atoms with Crippen molar-refractivity contribution in [3.05, 3.63) is 36.6 Å². The van der Waals surface area contributed by atoms with Gasteiger partial charge in [-0.15, -0.1) is 0 Å². The van der Waals surface area contributed by atoms with Crippen LogP contribution in [0.2, 0.25) is 0 Å². The third-order valence-corrected chi connectivity index (χ3v) is 4.60. The first-order valence-electron chi connectivity index (χ1n) is 7.48. The molecular formula is C17H23N. The summed E-state index contributed by atoms with van der Waals surface area (Å²) in [4.78, 5) is 4.68. The number of hydrogen-bond acceptors (Lipinski definition) is 1. The van der Waals surface area contributed by atoms with Crippen LogP contribution in [0.15, 0.2) is 41.6 Å². The van der Waals surface area contributed by atoms with Crippen molar-refractivity contribution in [3.8, 4) is 0 Å². The molecule has 96 valence electrons. The molecule has 1 nitrogen and oxygen atoms in total. The molecule has 3 aliphatic rings. The first-order chi connectivity index (χ1) is 8.93. The zero-order chi connectivity index (χ0) is 12.2. The Morgan fingerprint density at radius 3 is 2.72 bits per heavy atom. The lowest BCUT2D eigenvalue weighted by atomic mass is 9.77. The third kappa shape index (κ3) is 2.66. The predicted octanol–water partition coefficient (Wildman–Crippen LogP) is 4.67. The van der Waals surface area contributed by atoms with Crippen molar-refractivity contribution in [2.75, 3.05) is 0 Å². The number of aliphatic imine (C=N–C) groups is 1. The first kappa shape index (κ1) is 12.0. The Kier molecular flexibility index (Phi) is 3.78. The van der Waals surface area contributed by atoms with Crippen LogP contribution in [0, 0.1) is 17.8 Å². The summed E-state index contributed by atoms with van der Waals surface area (Å²) in [6, 6.07) is 0. The summed E-state index contributed by atoms with van der Waals surface area (Å²) in [6.07, 6.45) is 22.8. The van der Waals surface area contributed by atoms with Crippen LogP contribution in [0.1, 0.15) is 44.9 Å². The maximum Gasteiger partial charge on any atom is 0.0230 e. The van der Waals surface area contributed by atoms with Crippen LogP contribution >= 0.6 is 0 Å². The van der Waals surface area contributed by atoms with Crippen LogP contribution in [0.3, 0.4) is 0 Å². The second kappa shape index (κ2) is 5.69. The topological polar surface area (TPSA) is 12.4 Å². The van der Waals surface area contributed by atoms with E-state index in [0.29, 0.717) is 5.92 Å². The Labute approximate surface area is 110 Å². The smallest absolute Gasteiger partial charge is 0.0230 e. The zero-order valence-electron chi connectivity index (χ0n) is 11.1. The summed E-state index contributed by atoms with van der Waals surface area (Å²) in [7, 11) is 0. The standard InChI is InChI=1S/C17H23N/c1-3-7-14(8-4-1)16-11-12-18-17(13-16)15-9-5-2-6-10-15/h2-3,5,7,11-12,14-16H,1,4,6,8-10,13H2. The maximum atomic E-state index is 4.68. The molecule has 0 spiro atoms. The summed E-state index contributed by atoms with van der Waals surface area (Å²) < 4.78 is 0. The van der Waals surface area contributed by atoms with Gasteiger partial charge < -0.3 is 0 Å². The molecule has 1 heteroatoms. The predicted molar refractivity (Wildman–Crippen MR) is 77.6 cm³/mol. The molecule has 0 fully saturated rings. The van der Waals surface area contributed by atoms with Crippen molar-refractivity contribution in [2.45, 2.75) is 44.9 Å². The lowest BCUT2D eigenvalue weighted by molar-refractivity contribution is 0.420. The van der Waals surface area contributed by atoms with E-state index in [0.717, 1.165) is 11.8 Å². The monoisotopic (exact) mass is 241 g/mol. The Hall–Kier alpha value is -1.11. The molecule has 0 aromatic carbocycles. The molecule has 2 aliphatic carbocycles. The lowest BCUT2D eigenvalue weighted by Crippen LogP contribution is -2.24. The molecule has 3 unspecified atom stereocenters. The third-order valence-electron chi connectivity index (χ3n) is 4.60. The van der Waals surface area contributed by atoms with Gasteiger partial charge in [0.05, 0.1) is 0 Å². The fourth-order valence-electron chi connectivity index (χ4n) is 3.47. The quantitative estimate of drug-likeness (QED) is 0.623.